The third kappa shape index (κ3) is 2.27. The Morgan fingerprint density at radius 2 is 2.05 bits per heavy atom. The van der Waals surface area contributed by atoms with Gasteiger partial charge in [-0.1, -0.05) is 18.2 Å². The van der Waals surface area contributed by atoms with Crippen LogP contribution in [0.3, 0.4) is 0 Å². The van der Waals surface area contributed by atoms with Crippen LogP contribution < -0.4 is 5.32 Å². The topological polar surface area (TPSA) is 62.3 Å². The maximum atomic E-state index is 11.8. The lowest BCUT2D eigenvalue weighted by Gasteiger charge is -2.27. The molecule has 5 nitrogen and oxygen atoms in total. The minimum absolute atomic E-state index is 0.0551. The van der Waals surface area contributed by atoms with Gasteiger partial charge in [-0.2, -0.15) is 0 Å². The Morgan fingerprint density at radius 1 is 1.21 bits per heavy atom. The van der Waals surface area contributed by atoms with Crippen molar-refractivity contribution in [3.8, 4) is 0 Å². The summed E-state index contributed by atoms with van der Waals surface area (Å²) < 4.78 is 0. The van der Waals surface area contributed by atoms with Gasteiger partial charge < -0.3 is 10.2 Å². The molecule has 3 rings (SSSR count). The largest absolute Gasteiger partial charge is 0.345 e. The molecule has 1 N–H and O–H groups in total. The third-order valence-corrected chi connectivity index (χ3v) is 3.22. The van der Waals surface area contributed by atoms with Gasteiger partial charge in [0, 0.05) is 18.1 Å². The minimum atomic E-state index is -0.113. The molecule has 96 valence electrons. The number of fused-ring (bicyclic) bond motifs is 1. The normalized spacial score (nSPS) is 15.7. The van der Waals surface area contributed by atoms with Gasteiger partial charge in [0.2, 0.25) is 11.8 Å². The Kier molecular flexibility index (Phi) is 2.87. The SMILES string of the molecule is O=C1CN(Cc2ccnc3ccccc23)C(=O)CN1. The minimum Gasteiger partial charge on any atom is -0.345 e. The fourth-order valence-corrected chi connectivity index (χ4v) is 2.25. The average molecular weight is 255 g/mol. The summed E-state index contributed by atoms with van der Waals surface area (Å²) >= 11 is 0. The van der Waals surface area contributed by atoms with Crippen LogP contribution in [-0.2, 0) is 16.1 Å². The van der Waals surface area contributed by atoms with Crippen molar-refractivity contribution in [3.05, 3.63) is 42.1 Å². The first-order valence-electron chi connectivity index (χ1n) is 6.11. The van der Waals surface area contributed by atoms with E-state index in [1.165, 1.54) is 0 Å². The zero-order valence-electron chi connectivity index (χ0n) is 10.3. The van der Waals surface area contributed by atoms with Crippen molar-refractivity contribution in [3.63, 3.8) is 0 Å². The molecule has 0 unspecified atom stereocenters. The van der Waals surface area contributed by atoms with E-state index in [4.69, 9.17) is 0 Å². The van der Waals surface area contributed by atoms with E-state index < -0.39 is 0 Å². The molecule has 0 bridgehead atoms. The van der Waals surface area contributed by atoms with Crippen LogP contribution >= 0.6 is 0 Å². The maximum Gasteiger partial charge on any atom is 0.242 e. The van der Waals surface area contributed by atoms with Crippen LogP contribution in [0.1, 0.15) is 5.56 Å². The Bertz CT molecular complexity index is 649. The van der Waals surface area contributed by atoms with Gasteiger partial charge in [-0.15, -0.1) is 0 Å². The molecule has 1 aliphatic rings. The summed E-state index contributed by atoms with van der Waals surface area (Å²) in [4.78, 5) is 29.0. The molecule has 0 radical (unpaired) electrons. The number of hydrogen-bond donors (Lipinski definition) is 1. The van der Waals surface area contributed by atoms with Crippen LogP contribution in [0.4, 0.5) is 0 Å². The molecule has 0 aliphatic carbocycles. The standard InChI is InChI=1S/C14H13N3O2/c18-13-9-17(14(19)7-16-13)8-10-5-6-15-12-4-2-1-3-11(10)12/h1-6H,7-9H2,(H,16,18). The van der Waals surface area contributed by atoms with E-state index in [-0.39, 0.29) is 24.9 Å². The van der Waals surface area contributed by atoms with Crippen LogP contribution in [0.5, 0.6) is 0 Å². The van der Waals surface area contributed by atoms with E-state index in [1.807, 2.05) is 30.3 Å². The number of amides is 2. The molecule has 0 atom stereocenters. The van der Waals surface area contributed by atoms with Crippen LogP contribution in [0, 0.1) is 0 Å². The number of carbonyl (C=O) groups is 2. The number of hydrogen-bond acceptors (Lipinski definition) is 3. The van der Waals surface area contributed by atoms with Crippen molar-refractivity contribution in [2.24, 2.45) is 0 Å². The van der Waals surface area contributed by atoms with E-state index in [0.29, 0.717) is 6.54 Å². The molecule has 1 aromatic carbocycles. The van der Waals surface area contributed by atoms with Crippen LogP contribution in [-0.4, -0.2) is 34.8 Å². The highest BCUT2D eigenvalue weighted by molar-refractivity contribution is 5.92. The van der Waals surface area contributed by atoms with Gasteiger partial charge in [0.1, 0.15) is 0 Å². The lowest BCUT2D eigenvalue weighted by atomic mass is 10.1. The van der Waals surface area contributed by atoms with Crippen LogP contribution in [0.15, 0.2) is 36.5 Å². The molecule has 1 aliphatic heterocycles. The summed E-state index contributed by atoms with van der Waals surface area (Å²) in [5.41, 5.74) is 1.91. The zero-order valence-corrected chi connectivity index (χ0v) is 10.3. The molecule has 2 amide bonds. The fourth-order valence-electron chi connectivity index (χ4n) is 2.25. The second-order valence-electron chi connectivity index (χ2n) is 4.51. The second-order valence-corrected chi connectivity index (χ2v) is 4.51. The molecule has 2 heterocycles. The summed E-state index contributed by atoms with van der Waals surface area (Å²) in [5, 5.41) is 3.56. The fraction of sp³-hybridized carbons (Fsp3) is 0.214. The summed E-state index contributed by atoms with van der Waals surface area (Å²) in [5.74, 6) is -0.168. The van der Waals surface area contributed by atoms with Crippen molar-refractivity contribution in [1.29, 1.82) is 0 Å². The van der Waals surface area contributed by atoms with Crippen molar-refractivity contribution in [2.45, 2.75) is 6.54 Å². The molecule has 0 saturated carbocycles. The van der Waals surface area contributed by atoms with E-state index in [0.717, 1.165) is 16.5 Å². The van der Waals surface area contributed by atoms with Gasteiger partial charge in [-0.05, 0) is 17.7 Å². The number of pyridine rings is 1. The molecule has 1 fully saturated rings. The highest BCUT2D eigenvalue weighted by atomic mass is 16.2. The molecule has 5 heteroatoms. The number of piperazine rings is 1. The smallest absolute Gasteiger partial charge is 0.242 e. The predicted molar refractivity (Wildman–Crippen MR) is 70.2 cm³/mol. The van der Waals surface area contributed by atoms with Gasteiger partial charge in [-0.3, -0.25) is 14.6 Å². The van der Waals surface area contributed by atoms with E-state index in [2.05, 4.69) is 10.3 Å². The number of para-hydroxylation sites is 1. The second kappa shape index (κ2) is 4.68. The van der Waals surface area contributed by atoms with Gasteiger partial charge >= 0.3 is 0 Å². The summed E-state index contributed by atoms with van der Waals surface area (Å²) in [6, 6.07) is 9.68. The predicted octanol–water partition coefficient (Wildman–Crippen LogP) is 0.693. The van der Waals surface area contributed by atoms with Crippen molar-refractivity contribution in [1.82, 2.24) is 15.2 Å². The first kappa shape index (κ1) is 11.6. The average Bonchev–Trinajstić information content (AvgIpc) is 2.43. The number of nitrogens with zero attached hydrogens (tertiary/aromatic N) is 2. The van der Waals surface area contributed by atoms with Crippen molar-refractivity contribution in [2.75, 3.05) is 13.1 Å². The summed E-state index contributed by atoms with van der Waals surface area (Å²) in [6.07, 6.45) is 1.73. The Labute approximate surface area is 110 Å². The highest BCUT2D eigenvalue weighted by Crippen LogP contribution is 2.18. The van der Waals surface area contributed by atoms with Gasteiger partial charge in [-0.25, -0.2) is 0 Å². The number of nitrogens with one attached hydrogen (secondary N) is 1. The number of benzene rings is 1. The number of aromatic nitrogens is 1. The summed E-state index contributed by atoms with van der Waals surface area (Å²) in [6.45, 7) is 0.645. The van der Waals surface area contributed by atoms with Gasteiger partial charge in [0.15, 0.2) is 0 Å². The van der Waals surface area contributed by atoms with Crippen molar-refractivity contribution < 1.29 is 9.59 Å². The molecular weight excluding hydrogens is 242 g/mol. The Morgan fingerprint density at radius 3 is 2.95 bits per heavy atom. The van der Waals surface area contributed by atoms with Gasteiger partial charge in [0.25, 0.3) is 0 Å². The lowest BCUT2D eigenvalue weighted by molar-refractivity contribution is -0.141. The van der Waals surface area contributed by atoms with Crippen molar-refractivity contribution >= 4 is 22.7 Å². The quantitative estimate of drug-likeness (QED) is 0.859. The Balaban J connectivity index is 1.92. The highest BCUT2D eigenvalue weighted by Gasteiger charge is 2.23. The van der Waals surface area contributed by atoms with Crippen LogP contribution in [0.25, 0.3) is 10.9 Å². The molecule has 19 heavy (non-hydrogen) atoms. The molecule has 2 aromatic rings. The van der Waals surface area contributed by atoms with E-state index in [9.17, 15) is 9.59 Å². The van der Waals surface area contributed by atoms with E-state index >= 15 is 0 Å². The number of rotatable bonds is 2. The molecule has 1 aromatic heterocycles. The first-order valence-corrected chi connectivity index (χ1v) is 6.11. The zero-order chi connectivity index (χ0) is 13.2. The molecule has 1 saturated heterocycles. The van der Waals surface area contributed by atoms with E-state index in [1.54, 1.807) is 11.1 Å². The van der Waals surface area contributed by atoms with Gasteiger partial charge in [0.05, 0.1) is 18.6 Å². The monoisotopic (exact) mass is 255 g/mol. The molecule has 0 spiro atoms. The van der Waals surface area contributed by atoms with Crippen LogP contribution in [0.2, 0.25) is 0 Å². The Hall–Kier alpha value is -2.43. The summed E-state index contributed by atoms with van der Waals surface area (Å²) in [7, 11) is 0. The lowest BCUT2D eigenvalue weighted by Crippen LogP contribution is -2.51. The third-order valence-electron chi connectivity index (χ3n) is 3.22. The first-order chi connectivity index (χ1) is 9.24. The number of carbonyl (C=O) groups excluding carboxylic acids is 2. The maximum absolute atomic E-state index is 11.8. The molecular formula is C14H13N3O2.